The van der Waals surface area contributed by atoms with Crippen LogP contribution in [0.5, 0.6) is 0 Å². The van der Waals surface area contributed by atoms with E-state index in [0.29, 0.717) is 12.5 Å². The summed E-state index contributed by atoms with van der Waals surface area (Å²) in [6.45, 7) is 6.99. The number of aliphatic hydroxyl groups is 2. The second-order valence-corrected chi connectivity index (χ2v) is 2.90. The average Bonchev–Trinajstić information content (AvgIpc) is 2.03. The van der Waals surface area contributed by atoms with Gasteiger partial charge in [0.25, 0.3) is 0 Å². The van der Waals surface area contributed by atoms with Crippen LogP contribution in [0.3, 0.4) is 0 Å². The molecule has 0 aliphatic rings. The molecule has 68 valence electrons. The van der Waals surface area contributed by atoms with E-state index in [2.05, 4.69) is 11.8 Å². The smallest absolute Gasteiger partial charge is 0.0558 e. The van der Waals surface area contributed by atoms with Gasteiger partial charge in [0.15, 0.2) is 0 Å². The molecule has 0 aromatic rings. The van der Waals surface area contributed by atoms with Gasteiger partial charge < -0.3 is 15.1 Å². The van der Waals surface area contributed by atoms with Gasteiger partial charge in [-0.1, -0.05) is 13.8 Å². The van der Waals surface area contributed by atoms with Crippen molar-refractivity contribution in [2.75, 3.05) is 32.8 Å². The number of hydrogen-bond acceptors (Lipinski definition) is 3. The van der Waals surface area contributed by atoms with Gasteiger partial charge in [0.2, 0.25) is 0 Å². The summed E-state index contributed by atoms with van der Waals surface area (Å²) in [4.78, 5) is 2.13. The Labute approximate surface area is 68.6 Å². The van der Waals surface area contributed by atoms with Crippen LogP contribution >= 0.6 is 0 Å². The molecular weight excluding hydrogens is 142 g/mol. The summed E-state index contributed by atoms with van der Waals surface area (Å²) < 4.78 is 0. The number of aliphatic hydroxyl groups excluding tert-OH is 2. The summed E-state index contributed by atoms with van der Waals surface area (Å²) in [6.07, 6.45) is 0. The fourth-order valence-corrected chi connectivity index (χ4v) is 1.02. The van der Waals surface area contributed by atoms with E-state index in [-0.39, 0.29) is 13.2 Å². The molecule has 0 aromatic carbocycles. The molecule has 0 aliphatic carbocycles. The van der Waals surface area contributed by atoms with E-state index in [1.54, 1.807) is 0 Å². The summed E-state index contributed by atoms with van der Waals surface area (Å²) in [5.41, 5.74) is 0. The van der Waals surface area contributed by atoms with Crippen LogP contribution < -0.4 is 0 Å². The Morgan fingerprint density at radius 3 is 2.36 bits per heavy atom. The summed E-state index contributed by atoms with van der Waals surface area (Å²) >= 11 is 0. The average molecular weight is 161 g/mol. The van der Waals surface area contributed by atoms with Crippen molar-refractivity contribution in [2.24, 2.45) is 5.92 Å². The lowest BCUT2D eigenvalue weighted by Gasteiger charge is -2.21. The van der Waals surface area contributed by atoms with Crippen molar-refractivity contribution in [3.63, 3.8) is 0 Å². The highest BCUT2D eigenvalue weighted by Crippen LogP contribution is 1.97. The molecule has 0 heterocycles. The van der Waals surface area contributed by atoms with E-state index >= 15 is 0 Å². The number of likely N-dealkylation sites (N-methyl/N-ethyl adjacent to an activating group) is 1. The maximum atomic E-state index is 8.76. The first-order chi connectivity index (χ1) is 5.24. The van der Waals surface area contributed by atoms with Crippen LogP contribution in [0, 0.1) is 5.92 Å². The first-order valence-electron chi connectivity index (χ1n) is 4.18. The Kier molecular flexibility index (Phi) is 6.51. The molecular formula is C8H19NO2. The van der Waals surface area contributed by atoms with Gasteiger partial charge in [-0.05, 0) is 12.5 Å². The Balaban J connectivity index is 3.49. The van der Waals surface area contributed by atoms with E-state index in [9.17, 15) is 0 Å². The van der Waals surface area contributed by atoms with Crippen LogP contribution in [0.4, 0.5) is 0 Å². The highest BCUT2D eigenvalue weighted by atomic mass is 16.3. The quantitative estimate of drug-likeness (QED) is 0.573. The van der Waals surface area contributed by atoms with Gasteiger partial charge >= 0.3 is 0 Å². The molecule has 0 saturated carbocycles. The van der Waals surface area contributed by atoms with Gasteiger partial charge in [-0.25, -0.2) is 0 Å². The molecule has 3 nitrogen and oxygen atoms in total. The molecule has 0 aromatic heterocycles. The Morgan fingerprint density at radius 2 is 2.00 bits per heavy atom. The van der Waals surface area contributed by atoms with Gasteiger partial charge in [-0.2, -0.15) is 0 Å². The zero-order chi connectivity index (χ0) is 8.69. The van der Waals surface area contributed by atoms with E-state index in [4.69, 9.17) is 10.2 Å². The first-order valence-corrected chi connectivity index (χ1v) is 4.18. The minimum atomic E-state index is 0.200. The lowest BCUT2D eigenvalue weighted by atomic mass is 10.2. The molecule has 0 saturated heterocycles. The fraction of sp³-hybridized carbons (Fsp3) is 1.00. The molecule has 0 spiro atoms. The van der Waals surface area contributed by atoms with Gasteiger partial charge in [-0.3, -0.25) is 0 Å². The monoisotopic (exact) mass is 161 g/mol. The van der Waals surface area contributed by atoms with Gasteiger partial charge in [-0.15, -0.1) is 0 Å². The molecule has 0 bridgehead atoms. The summed E-state index contributed by atoms with van der Waals surface area (Å²) in [5, 5.41) is 17.4. The highest BCUT2D eigenvalue weighted by molar-refractivity contribution is 4.59. The molecule has 0 amide bonds. The normalized spacial score (nSPS) is 13.9. The summed E-state index contributed by atoms with van der Waals surface area (Å²) in [5.74, 6) is 0.307. The van der Waals surface area contributed by atoms with Crippen LogP contribution in [0.2, 0.25) is 0 Å². The van der Waals surface area contributed by atoms with Gasteiger partial charge in [0, 0.05) is 19.7 Å². The van der Waals surface area contributed by atoms with Crippen molar-refractivity contribution < 1.29 is 10.2 Å². The Hall–Kier alpha value is -0.120. The molecule has 0 rings (SSSR count). The Morgan fingerprint density at radius 1 is 1.36 bits per heavy atom. The minimum Gasteiger partial charge on any atom is -0.396 e. The topological polar surface area (TPSA) is 43.7 Å². The Bertz CT molecular complexity index is 88.2. The highest BCUT2D eigenvalue weighted by Gasteiger charge is 2.06. The second kappa shape index (κ2) is 6.58. The maximum Gasteiger partial charge on any atom is 0.0558 e. The molecule has 0 fully saturated rings. The van der Waals surface area contributed by atoms with E-state index in [0.717, 1.165) is 13.1 Å². The summed E-state index contributed by atoms with van der Waals surface area (Å²) in [7, 11) is 0. The van der Waals surface area contributed by atoms with E-state index in [1.807, 2.05) is 6.92 Å². The predicted molar refractivity (Wildman–Crippen MR) is 45.4 cm³/mol. The van der Waals surface area contributed by atoms with Crippen molar-refractivity contribution in [3.05, 3.63) is 0 Å². The van der Waals surface area contributed by atoms with Gasteiger partial charge in [0.1, 0.15) is 0 Å². The third-order valence-corrected chi connectivity index (χ3v) is 1.74. The van der Waals surface area contributed by atoms with Crippen LogP contribution in [-0.2, 0) is 0 Å². The molecule has 11 heavy (non-hydrogen) atoms. The SMILES string of the molecule is CCN(CCO)CC(C)CO. The van der Waals surface area contributed by atoms with Crippen molar-refractivity contribution >= 4 is 0 Å². The van der Waals surface area contributed by atoms with E-state index in [1.165, 1.54) is 0 Å². The number of hydrogen-bond donors (Lipinski definition) is 2. The predicted octanol–water partition coefficient (Wildman–Crippen LogP) is -0.0710. The lowest BCUT2D eigenvalue weighted by molar-refractivity contribution is 0.152. The number of nitrogens with zero attached hydrogens (tertiary/aromatic N) is 1. The fourth-order valence-electron chi connectivity index (χ4n) is 1.02. The zero-order valence-corrected chi connectivity index (χ0v) is 7.45. The number of rotatable bonds is 6. The van der Waals surface area contributed by atoms with Crippen molar-refractivity contribution in [2.45, 2.75) is 13.8 Å². The molecule has 1 unspecified atom stereocenters. The van der Waals surface area contributed by atoms with Gasteiger partial charge in [0.05, 0.1) is 6.61 Å². The van der Waals surface area contributed by atoms with Crippen molar-refractivity contribution in [3.8, 4) is 0 Å². The second-order valence-electron chi connectivity index (χ2n) is 2.90. The molecule has 0 aliphatic heterocycles. The van der Waals surface area contributed by atoms with Crippen LogP contribution in [0.15, 0.2) is 0 Å². The first kappa shape index (κ1) is 10.9. The molecule has 2 N–H and O–H groups in total. The van der Waals surface area contributed by atoms with E-state index < -0.39 is 0 Å². The van der Waals surface area contributed by atoms with Crippen molar-refractivity contribution in [1.82, 2.24) is 4.90 Å². The standard InChI is InChI=1S/C8H19NO2/c1-3-9(4-5-10)6-8(2)7-11/h8,10-11H,3-7H2,1-2H3. The molecule has 1 atom stereocenters. The minimum absolute atomic E-state index is 0.200. The van der Waals surface area contributed by atoms with Crippen molar-refractivity contribution in [1.29, 1.82) is 0 Å². The zero-order valence-electron chi connectivity index (χ0n) is 7.45. The third-order valence-electron chi connectivity index (χ3n) is 1.74. The maximum absolute atomic E-state index is 8.76. The summed E-state index contributed by atoms with van der Waals surface area (Å²) in [6, 6.07) is 0. The van der Waals surface area contributed by atoms with Crippen LogP contribution in [-0.4, -0.2) is 48.0 Å². The molecule has 3 heteroatoms. The lowest BCUT2D eigenvalue weighted by Crippen LogP contribution is -2.32. The molecule has 0 radical (unpaired) electrons. The van der Waals surface area contributed by atoms with Crippen LogP contribution in [0.1, 0.15) is 13.8 Å². The third kappa shape index (κ3) is 5.18. The largest absolute Gasteiger partial charge is 0.396 e. The van der Waals surface area contributed by atoms with Crippen LogP contribution in [0.25, 0.3) is 0 Å².